The molecule has 0 radical (unpaired) electrons. The van der Waals surface area contributed by atoms with Crippen molar-refractivity contribution >= 4 is 23.3 Å². The number of carbonyl (C=O) groups is 2. The van der Waals surface area contributed by atoms with Crippen molar-refractivity contribution in [2.75, 3.05) is 24.6 Å². The summed E-state index contributed by atoms with van der Waals surface area (Å²) in [5.74, 6) is -0.565. The number of primary amides is 1. The van der Waals surface area contributed by atoms with E-state index >= 15 is 0 Å². The lowest BCUT2D eigenvalue weighted by atomic mass is 10.3. The third-order valence-corrected chi connectivity index (χ3v) is 1.88. The summed E-state index contributed by atoms with van der Waals surface area (Å²) in [7, 11) is 1.48. The molecule has 0 aliphatic heterocycles. The second kappa shape index (κ2) is 5.01. The van der Waals surface area contributed by atoms with Crippen LogP contribution in [0.4, 0.5) is 16.2 Å². The Labute approximate surface area is 93.2 Å². The summed E-state index contributed by atoms with van der Waals surface area (Å²) in [6.45, 7) is -0.131. The monoisotopic (exact) mass is 222 g/mol. The van der Waals surface area contributed by atoms with Crippen LogP contribution in [0.15, 0.2) is 24.3 Å². The highest BCUT2D eigenvalue weighted by molar-refractivity contribution is 5.92. The summed E-state index contributed by atoms with van der Waals surface area (Å²) in [4.78, 5) is 23.3. The Morgan fingerprint density at radius 3 is 2.69 bits per heavy atom. The topological polar surface area (TPSA) is 101 Å². The maximum Gasteiger partial charge on any atom is 0.322 e. The van der Waals surface area contributed by atoms with Gasteiger partial charge in [0.1, 0.15) is 6.54 Å². The predicted octanol–water partition coefficient (Wildman–Crippen LogP) is 0.218. The van der Waals surface area contributed by atoms with Crippen LogP contribution in [0.5, 0.6) is 0 Å². The molecular formula is C10H14N4O2. The largest absolute Gasteiger partial charge is 0.399 e. The molecule has 16 heavy (non-hydrogen) atoms. The van der Waals surface area contributed by atoms with Gasteiger partial charge in [0, 0.05) is 18.4 Å². The first-order valence-corrected chi connectivity index (χ1v) is 4.65. The summed E-state index contributed by atoms with van der Waals surface area (Å²) in [6.07, 6.45) is 0. The van der Waals surface area contributed by atoms with Gasteiger partial charge in [-0.1, -0.05) is 6.07 Å². The van der Waals surface area contributed by atoms with Gasteiger partial charge in [-0.05, 0) is 18.2 Å². The molecule has 1 aromatic rings. The molecule has 0 aliphatic carbocycles. The fourth-order valence-electron chi connectivity index (χ4n) is 1.14. The molecule has 0 bridgehead atoms. The van der Waals surface area contributed by atoms with Gasteiger partial charge in [0.2, 0.25) is 5.91 Å². The number of anilines is 2. The van der Waals surface area contributed by atoms with E-state index in [2.05, 4.69) is 5.32 Å². The molecule has 0 unspecified atom stereocenters. The molecule has 0 saturated heterocycles. The van der Waals surface area contributed by atoms with E-state index in [0.717, 1.165) is 0 Å². The van der Waals surface area contributed by atoms with Gasteiger partial charge in [-0.25, -0.2) is 4.79 Å². The number of hydrogen-bond donors (Lipinski definition) is 3. The number of rotatable bonds is 3. The number of nitrogens with zero attached hydrogens (tertiary/aromatic N) is 1. The highest BCUT2D eigenvalue weighted by Gasteiger charge is 2.10. The minimum absolute atomic E-state index is 0.131. The van der Waals surface area contributed by atoms with Gasteiger partial charge >= 0.3 is 6.03 Å². The SMILES string of the molecule is CN(CC(N)=O)C(=O)Nc1cccc(N)c1. The first-order valence-electron chi connectivity index (χ1n) is 4.65. The number of urea groups is 1. The Morgan fingerprint density at radius 1 is 1.44 bits per heavy atom. The summed E-state index contributed by atoms with van der Waals surface area (Å²) in [5.41, 5.74) is 11.6. The maximum absolute atomic E-state index is 11.5. The lowest BCUT2D eigenvalue weighted by Crippen LogP contribution is -2.38. The van der Waals surface area contributed by atoms with Crippen molar-refractivity contribution in [3.63, 3.8) is 0 Å². The van der Waals surface area contributed by atoms with Crippen molar-refractivity contribution in [1.29, 1.82) is 0 Å². The van der Waals surface area contributed by atoms with Crippen LogP contribution >= 0.6 is 0 Å². The fourth-order valence-corrected chi connectivity index (χ4v) is 1.14. The van der Waals surface area contributed by atoms with Gasteiger partial charge in [-0.2, -0.15) is 0 Å². The molecule has 0 fully saturated rings. The van der Waals surface area contributed by atoms with E-state index in [1.165, 1.54) is 11.9 Å². The molecule has 3 amide bonds. The summed E-state index contributed by atoms with van der Waals surface area (Å²) in [6, 6.07) is 6.34. The van der Waals surface area contributed by atoms with Crippen LogP contribution in [-0.4, -0.2) is 30.4 Å². The molecule has 0 heterocycles. The van der Waals surface area contributed by atoms with Crippen molar-refractivity contribution in [2.45, 2.75) is 0 Å². The average molecular weight is 222 g/mol. The normalized spacial score (nSPS) is 9.56. The Bertz CT molecular complexity index is 406. The fraction of sp³-hybridized carbons (Fsp3) is 0.200. The van der Waals surface area contributed by atoms with Crippen molar-refractivity contribution in [3.8, 4) is 0 Å². The van der Waals surface area contributed by atoms with Crippen LogP contribution in [-0.2, 0) is 4.79 Å². The molecule has 1 rings (SSSR count). The van der Waals surface area contributed by atoms with Gasteiger partial charge in [0.25, 0.3) is 0 Å². The van der Waals surface area contributed by atoms with Gasteiger partial charge in [-0.15, -0.1) is 0 Å². The van der Waals surface area contributed by atoms with Crippen molar-refractivity contribution in [2.24, 2.45) is 5.73 Å². The number of benzene rings is 1. The second-order valence-corrected chi connectivity index (χ2v) is 3.38. The molecular weight excluding hydrogens is 208 g/mol. The summed E-state index contributed by atoms with van der Waals surface area (Å²) >= 11 is 0. The lowest BCUT2D eigenvalue weighted by molar-refractivity contribution is -0.118. The number of nitrogens with two attached hydrogens (primary N) is 2. The molecule has 0 saturated carbocycles. The molecule has 86 valence electrons. The quantitative estimate of drug-likeness (QED) is 0.637. The Balaban J connectivity index is 2.60. The summed E-state index contributed by atoms with van der Waals surface area (Å²) < 4.78 is 0. The molecule has 0 aromatic heterocycles. The van der Waals surface area contributed by atoms with Gasteiger partial charge in [-0.3, -0.25) is 4.79 Å². The van der Waals surface area contributed by atoms with E-state index in [0.29, 0.717) is 11.4 Å². The molecule has 0 atom stereocenters. The Hall–Kier alpha value is -2.24. The zero-order chi connectivity index (χ0) is 12.1. The van der Waals surface area contributed by atoms with Crippen LogP contribution in [0.2, 0.25) is 0 Å². The highest BCUT2D eigenvalue weighted by Crippen LogP contribution is 2.11. The van der Waals surface area contributed by atoms with E-state index in [4.69, 9.17) is 11.5 Å². The van der Waals surface area contributed by atoms with Crippen molar-refractivity contribution < 1.29 is 9.59 Å². The van der Waals surface area contributed by atoms with Gasteiger partial charge < -0.3 is 21.7 Å². The average Bonchev–Trinajstić information content (AvgIpc) is 2.16. The molecule has 6 heteroatoms. The lowest BCUT2D eigenvalue weighted by Gasteiger charge is -2.16. The number of nitrogen functional groups attached to an aromatic ring is 1. The van der Waals surface area contributed by atoms with Crippen LogP contribution in [0, 0.1) is 0 Å². The van der Waals surface area contributed by atoms with E-state index in [1.54, 1.807) is 24.3 Å². The molecule has 5 N–H and O–H groups in total. The third-order valence-electron chi connectivity index (χ3n) is 1.88. The number of amides is 3. The minimum atomic E-state index is -0.565. The van der Waals surface area contributed by atoms with Gasteiger partial charge in [0.15, 0.2) is 0 Å². The molecule has 1 aromatic carbocycles. The molecule has 0 aliphatic rings. The smallest absolute Gasteiger partial charge is 0.322 e. The first kappa shape index (κ1) is 11.8. The number of carbonyl (C=O) groups excluding carboxylic acids is 2. The minimum Gasteiger partial charge on any atom is -0.399 e. The van der Waals surface area contributed by atoms with Crippen LogP contribution in [0.3, 0.4) is 0 Å². The maximum atomic E-state index is 11.5. The predicted molar refractivity (Wildman–Crippen MR) is 61.7 cm³/mol. The molecule has 6 nitrogen and oxygen atoms in total. The third kappa shape index (κ3) is 3.49. The first-order chi connectivity index (χ1) is 7.49. The van der Waals surface area contributed by atoms with E-state index < -0.39 is 11.9 Å². The van der Waals surface area contributed by atoms with Crippen LogP contribution in [0.1, 0.15) is 0 Å². The number of likely N-dealkylation sites (N-methyl/N-ethyl adjacent to an activating group) is 1. The standard InChI is InChI=1S/C10H14N4O2/c1-14(6-9(12)15)10(16)13-8-4-2-3-7(11)5-8/h2-5H,6,11H2,1H3,(H2,12,15)(H,13,16). The second-order valence-electron chi connectivity index (χ2n) is 3.38. The summed E-state index contributed by atoms with van der Waals surface area (Å²) in [5, 5.41) is 2.59. The zero-order valence-electron chi connectivity index (χ0n) is 8.93. The Morgan fingerprint density at radius 2 is 2.12 bits per heavy atom. The van der Waals surface area contributed by atoms with Crippen LogP contribution in [0.25, 0.3) is 0 Å². The number of hydrogen-bond acceptors (Lipinski definition) is 3. The highest BCUT2D eigenvalue weighted by atomic mass is 16.2. The molecule has 0 spiro atoms. The van der Waals surface area contributed by atoms with E-state index in [9.17, 15) is 9.59 Å². The van der Waals surface area contributed by atoms with Crippen LogP contribution < -0.4 is 16.8 Å². The van der Waals surface area contributed by atoms with E-state index in [-0.39, 0.29) is 6.54 Å². The van der Waals surface area contributed by atoms with Gasteiger partial charge in [0.05, 0.1) is 0 Å². The van der Waals surface area contributed by atoms with Crippen molar-refractivity contribution in [1.82, 2.24) is 4.90 Å². The number of nitrogens with one attached hydrogen (secondary N) is 1. The Kier molecular flexibility index (Phi) is 3.71. The van der Waals surface area contributed by atoms with Crippen molar-refractivity contribution in [3.05, 3.63) is 24.3 Å². The van der Waals surface area contributed by atoms with E-state index in [1.807, 2.05) is 0 Å². The zero-order valence-corrected chi connectivity index (χ0v) is 8.93.